The van der Waals surface area contributed by atoms with Crippen LogP contribution in [0.5, 0.6) is 11.5 Å². The van der Waals surface area contributed by atoms with E-state index in [1.54, 1.807) is 18.3 Å². The molecule has 0 bridgehead atoms. The quantitative estimate of drug-likeness (QED) is 0.336. The van der Waals surface area contributed by atoms with E-state index in [4.69, 9.17) is 21.1 Å². The van der Waals surface area contributed by atoms with Crippen LogP contribution >= 0.6 is 11.6 Å². The van der Waals surface area contributed by atoms with Gasteiger partial charge in [0.1, 0.15) is 23.1 Å². The second kappa shape index (κ2) is 8.91. The Labute approximate surface area is 193 Å². The molecule has 0 saturated carbocycles. The van der Waals surface area contributed by atoms with Gasteiger partial charge in [0.2, 0.25) is 0 Å². The summed E-state index contributed by atoms with van der Waals surface area (Å²) in [5.41, 5.74) is 0.679. The van der Waals surface area contributed by atoms with Crippen LogP contribution in [0.25, 0.3) is 5.76 Å². The van der Waals surface area contributed by atoms with Crippen molar-refractivity contribution in [3.63, 3.8) is 0 Å². The summed E-state index contributed by atoms with van der Waals surface area (Å²) in [5.74, 6) is -2.28. The van der Waals surface area contributed by atoms with Gasteiger partial charge in [-0.15, -0.1) is 0 Å². The molecule has 1 N–H and O–H groups in total. The number of carbonyl (C=O) groups is 2. The minimum Gasteiger partial charge on any atom is -0.507 e. The maximum atomic E-state index is 13.5. The maximum Gasteiger partial charge on any atom is 0.300 e. The minimum absolute atomic E-state index is 0.106. The summed E-state index contributed by atoms with van der Waals surface area (Å²) in [6, 6.07) is 10.3. The van der Waals surface area contributed by atoms with Crippen molar-refractivity contribution in [1.82, 2.24) is 4.98 Å². The molecular weight excluding hydrogens is 451 g/mol. The molecular formula is C24H18ClFN2O5. The van der Waals surface area contributed by atoms with Gasteiger partial charge in [-0.05, 0) is 42.0 Å². The summed E-state index contributed by atoms with van der Waals surface area (Å²) < 4.78 is 24.0. The SMILES string of the molecule is COc1cc(OC)c(/C(O)=C2\C(=O)C(=O)N(c3ccc(F)cc3)C2c2cccnc2)cc1Cl. The predicted octanol–water partition coefficient (Wildman–Crippen LogP) is 4.52. The van der Waals surface area contributed by atoms with Crippen LogP contribution < -0.4 is 14.4 Å². The van der Waals surface area contributed by atoms with Crippen molar-refractivity contribution < 1.29 is 28.6 Å². The largest absolute Gasteiger partial charge is 0.507 e. The highest BCUT2D eigenvalue weighted by atomic mass is 35.5. The summed E-state index contributed by atoms with van der Waals surface area (Å²) in [4.78, 5) is 31.5. The number of aliphatic hydroxyl groups is 1. The number of pyridine rings is 1. The number of nitrogens with zero attached hydrogens (tertiary/aromatic N) is 2. The van der Waals surface area contributed by atoms with Crippen LogP contribution in [-0.4, -0.2) is 36.0 Å². The second-order valence-electron chi connectivity index (χ2n) is 7.12. The molecule has 2 heterocycles. The molecule has 3 aromatic rings. The zero-order valence-corrected chi connectivity index (χ0v) is 18.3. The number of ether oxygens (including phenoxy) is 2. The number of carbonyl (C=O) groups excluding carboxylic acids is 2. The Bertz CT molecular complexity index is 1260. The molecule has 1 aliphatic rings. The highest BCUT2D eigenvalue weighted by Gasteiger charge is 2.47. The molecule has 1 fully saturated rings. The van der Waals surface area contributed by atoms with E-state index in [-0.39, 0.29) is 27.6 Å². The Morgan fingerprint density at radius 1 is 1.09 bits per heavy atom. The van der Waals surface area contributed by atoms with Gasteiger partial charge in [-0.25, -0.2) is 4.39 Å². The molecule has 0 radical (unpaired) electrons. The Kier molecular flexibility index (Phi) is 6.02. The highest BCUT2D eigenvalue weighted by molar-refractivity contribution is 6.51. The molecule has 9 heteroatoms. The molecule has 0 aliphatic carbocycles. The zero-order chi connectivity index (χ0) is 23.7. The molecule has 1 aliphatic heterocycles. The maximum absolute atomic E-state index is 13.5. The van der Waals surface area contributed by atoms with Gasteiger partial charge in [0.15, 0.2) is 0 Å². The number of anilines is 1. The average molecular weight is 469 g/mol. The Balaban J connectivity index is 1.97. The van der Waals surface area contributed by atoms with Crippen molar-refractivity contribution in [2.24, 2.45) is 0 Å². The molecule has 168 valence electrons. The molecule has 1 amide bonds. The standard InChI is InChI=1S/C24H18ClFN2O5/c1-32-18-11-19(33-2)17(25)10-16(18)22(29)20-21(13-4-3-9-27-12-13)28(24(31)23(20)30)15-7-5-14(26)6-8-15/h3-12,21,29H,1-2H3/b22-20+. The monoisotopic (exact) mass is 468 g/mol. The Morgan fingerprint density at radius 2 is 1.79 bits per heavy atom. The van der Waals surface area contributed by atoms with E-state index in [0.717, 1.165) is 0 Å². The number of aromatic nitrogens is 1. The van der Waals surface area contributed by atoms with Crippen LogP contribution in [-0.2, 0) is 9.59 Å². The third-order valence-electron chi connectivity index (χ3n) is 5.28. The van der Waals surface area contributed by atoms with Crippen molar-refractivity contribution in [3.8, 4) is 11.5 Å². The molecule has 0 spiro atoms. The first-order valence-corrected chi connectivity index (χ1v) is 10.1. The molecule has 33 heavy (non-hydrogen) atoms. The molecule has 1 atom stereocenters. The van der Waals surface area contributed by atoms with Crippen molar-refractivity contribution in [2.75, 3.05) is 19.1 Å². The number of ketones is 1. The number of halogens is 2. The number of methoxy groups -OCH3 is 2. The first-order valence-electron chi connectivity index (χ1n) is 9.75. The molecule has 7 nitrogen and oxygen atoms in total. The number of hydrogen-bond donors (Lipinski definition) is 1. The first-order chi connectivity index (χ1) is 15.9. The fraction of sp³-hybridized carbons (Fsp3) is 0.125. The van der Waals surface area contributed by atoms with Gasteiger partial charge in [0.05, 0.1) is 36.4 Å². The van der Waals surface area contributed by atoms with Crippen molar-refractivity contribution in [2.45, 2.75) is 6.04 Å². The highest BCUT2D eigenvalue weighted by Crippen LogP contribution is 2.44. The number of aliphatic hydroxyl groups excluding tert-OH is 1. The van der Waals surface area contributed by atoms with Crippen LogP contribution in [0.2, 0.25) is 5.02 Å². The number of hydrogen-bond acceptors (Lipinski definition) is 6. The molecule has 4 rings (SSSR count). The van der Waals surface area contributed by atoms with E-state index >= 15 is 0 Å². The minimum atomic E-state index is -1.02. The number of benzene rings is 2. The average Bonchev–Trinajstić information content (AvgIpc) is 3.10. The van der Waals surface area contributed by atoms with Crippen molar-refractivity contribution >= 4 is 34.7 Å². The Morgan fingerprint density at radius 3 is 2.39 bits per heavy atom. The van der Waals surface area contributed by atoms with E-state index < -0.39 is 29.3 Å². The lowest BCUT2D eigenvalue weighted by Gasteiger charge is -2.25. The van der Waals surface area contributed by atoms with Gasteiger partial charge in [0, 0.05) is 24.1 Å². The molecule has 1 aromatic heterocycles. The molecule has 2 aromatic carbocycles. The fourth-order valence-electron chi connectivity index (χ4n) is 3.74. The molecule has 1 unspecified atom stereocenters. The van der Waals surface area contributed by atoms with Crippen LogP contribution in [0.1, 0.15) is 17.2 Å². The van der Waals surface area contributed by atoms with Gasteiger partial charge in [0.25, 0.3) is 11.7 Å². The van der Waals surface area contributed by atoms with Crippen LogP contribution in [0.4, 0.5) is 10.1 Å². The third-order valence-corrected chi connectivity index (χ3v) is 5.57. The smallest absolute Gasteiger partial charge is 0.300 e. The number of Topliss-reactive ketones (excluding diaryl/α,β-unsaturated/α-hetero) is 1. The van der Waals surface area contributed by atoms with Gasteiger partial charge < -0.3 is 14.6 Å². The summed E-state index contributed by atoms with van der Waals surface area (Å²) in [6.07, 6.45) is 3.03. The first kappa shape index (κ1) is 22.3. The molecule has 1 saturated heterocycles. The van der Waals surface area contributed by atoms with Crippen molar-refractivity contribution in [3.05, 3.63) is 88.5 Å². The van der Waals surface area contributed by atoms with E-state index in [9.17, 15) is 19.1 Å². The summed E-state index contributed by atoms with van der Waals surface area (Å²) in [5, 5.41) is 11.4. The van der Waals surface area contributed by atoms with Crippen LogP contribution in [0.3, 0.4) is 0 Å². The lowest BCUT2D eigenvalue weighted by atomic mass is 9.95. The Hall–Kier alpha value is -3.91. The van der Waals surface area contributed by atoms with Gasteiger partial charge >= 0.3 is 0 Å². The van der Waals surface area contributed by atoms with E-state index in [1.807, 2.05) is 0 Å². The summed E-state index contributed by atoms with van der Waals surface area (Å²) in [7, 11) is 2.81. The zero-order valence-electron chi connectivity index (χ0n) is 17.6. The van der Waals surface area contributed by atoms with Crippen molar-refractivity contribution in [1.29, 1.82) is 0 Å². The van der Waals surface area contributed by atoms with E-state index in [2.05, 4.69) is 4.98 Å². The lowest BCUT2D eigenvalue weighted by molar-refractivity contribution is -0.132. The van der Waals surface area contributed by atoms with Gasteiger partial charge in [-0.3, -0.25) is 19.5 Å². The van der Waals surface area contributed by atoms with Crippen LogP contribution in [0, 0.1) is 5.82 Å². The number of rotatable bonds is 5. The normalized spacial score (nSPS) is 17.3. The third kappa shape index (κ3) is 3.89. The summed E-state index contributed by atoms with van der Waals surface area (Å²) in [6.45, 7) is 0. The van der Waals surface area contributed by atoms with Gasteiger partial charge in [-0.2, -0.15) is 0 Å². The number of amides is 1. The van der Waals surface area contributed by atoms with E-state index in [1.165, 1.54) is 61.7 Å². The van der Waals surface area contributed by atoms with Gasteiger partial charge in [-0.1, -0.05) is 17.7 Å². The summed E-state index contributed by atoms with van der Waals surface area (Å²) >= 11 is 6.25. The van der Waals surface area contributed by atoms with Crippen LogP contribution in [0.15, 0.2) is 66.5 Å². The lowest BCUT2D eigenvalue weighted by Crippen LogP contribution is -2.29. The second-order valence-corrected chi connectivity index (χ2v) is 7.53. The topological polar surface area (TPSA) is 89.0 Å². The van der Waals surface area contributed by atoms with E-state index in [0.29, 0.717) is 11.3 Å². The fourth-order valence-corrected chi connectivity index (χ4v) is 3.98. The predicted molar refractivity (Wildman–Crippen MR) is 120 cm³/mol.